The van der Waals surface area contributed by atoms with Crippen LogP contribution in [0.5, 0.6) is 11.5 Å². The summed E-state index contributed by atoms with van der Waals surface area (Å²) in [4.78, 5) is 0.664. The van der Waals surface area contributed by atoms with Gasteiger partial charge in [0.2, 0.25) is 5.69 Å². The van der Waals surface area contributed by atoms with Gasteiger partial charge in [-0.05, 0) is 49.2 Å². The van der Waals surface area contributed by atoms with Gasteiger partial charge in [0.1, 0.15) is 17.2 Å². The van der Waals surface area contributed by atoms with Crippen molar-refractivity contribution in [1.29, 1.82) is 0 Å². The van der Waals surface area contributed by atoms with Gasteiger partial charge in [0.25, 0.3) is 0 Å². The van der Waals surface area contributed by atoms with E-state index < -0.39 is 0 Å². The summed E-state index contributed by atoms with van der Waals surface area (Å²) >= 11 is 0. The first kappa shape index (κ1) is 38.6. The first-order chi connectivity index (χ1) is 22.2. The summed E-state index contributed by atoms with van der Waals surface area (Å²) in [5.74, 6) is 1.62. The van der Waals surface area contributed by atoms with Crippen LogP contribution in [0.2, 0.25) is 0 Å². The van der Waals surface area contributed by atoms with Crippen molar-refractivity contribution in [3.8, 4) is 11.5 Å². The number of nitrogens with zero attached hydrogens (tertiary/aromatic N) is 2. The molecule has 0 saturated carbocycles. The number of unbranched alkanes of at least 4 members (excludes halogenated alkanes) is 22. The Morgan fingerprint density at radius 1 is 0.444 bits per heavy atom. The molecule has 2 rings (SSSR count). The number of azo groups is 1. The van der Waals surface area contributed by atoms with E-state index in [1.807, 2.05) is 36.4 Å². The molecule has 2 aromatic rings. The van der Waals surface area contributed by atoms with Crippen LogP contribution in [0.15, 0.2) is 53.6 Å². The molecule has 0 radical (unpaired) electrons. The minimum absolute atomic E-state index is 0.486. The molecule has 2 aromatic carbocycles. The third kappa shape index (κ3) is 21.0. The van der Waals surface area contributed by atoms with Crippen molar-refractivity contribution in [3.63, 3.8) is 0 Å². The van der Waals surface area contributed by atoms with Crippen LogP contribution in [0.4, 0.5) is 11.4 Å². The molecule has 0 aliphatic rings. The SMILES string of the molecule is CCCCCCCCCCCCCCOc1ccc(N=[N+]([O-])c2ccc(OCCCCCCCCCCCCCC)cc2)cc1. The molecule has 254 valence electrons. The van der Waals surface area contributed by atoms with Crippen molar-refractivity contribution in [1.82, 2.24) is 0 Å². The highest BCUT2D eigenvalue weighted by molar-refractivity contribution is 5.41. The smallest absolute Gasteiger partial charge is 0.245 e. The Hall–Kier alpha value is -2.56. The van der Waals surface area contributed by atoms with Gasteiger partial charge in [0.15, 0.2) is 0 Å². The van der Waals surface area contributed by atoms with E-state index in [0.29, 0.717) is 16.2 Å². The van der Waals surface area contributed by atoms with Gasteiger partial charge in [0.05, 0.1) is 13.2 Å². The molecular weight excluding hydrogens is 556 g/mol. The van der Waals surface area contributed by atoms with Crippen LogP contribution in [0, 0.1) is 5.21 Å². The van der Waals surface area contributed by atoms with Gasteiger partial charge in [-0.2, -0.15) is 0 Å². The fourth-order valence-electron chi connectivity index (χ4n) is 5.71. The molecule has 0 spiro atoms. The summed E-state index contributed by atoms with van der Waals surface area (Å²) in [5.41, 5.74) is 1.09. The lowest BCUT2D eigenvalue weighted by atomic mass is 10.1. The lowest BCUT2D eigenvalue weighted by Crippen LogP contribution is -1.98. The van der Waals surface area contributed by atoms with Crippen molar-refractivity contribution >= 4 is 11.4 Å². The largest absolute Gasteiger partial charge is 0.594 e. The molecule has 0 heterocycles. The molecular formula is C40H66N2O3. The fraction of sp³-hybridized carbons (Fsp3) is 0.700. The van der Waals surface area contributed by atoms with Crippen LogP contribution in [0.1, 0.15) is 168 Å². The summed E-state index contributed by atoms with van der Waals surface area (Å²) in [6, 6.07) is 14.7. The molecule has 0 saturated heterocycles. The average Bonchev–Trinajstić information content (AvgIpc) is 3.06. The maximum Gasteiger partial charge on any atom is 0.245 e. The van der Waals surface area contributed by atoms with E-state index in [2.05, 4.69) is 19.0 Å². The van der Waals surface area contributed by atoms with Crippen molar-refractivity contribution < 1.29 is 14.3 Å². The average molecular weight is 623 g/mol. The Bertz CT molecular complexity index is 959. The summed E-state index contributed by atoms with van der Waals surface area (Å²) in [6.45, 7) is 6.00. The van der Waals surface area contributed by atoms with Gasteiger partial charge in [-0.15, -0.1) is 0 Å². The van der Waals surface area contributed by atoms with E-state index >= 15 is 0 Å². The van der Waals surface area contributed by atoms with Gasteiger partial charge in [-0.25, -0.2) is 0 Å². The number of rotatable bonds is 30. The van der Waals surface area contributed by atoms with Crippen molar-refractivity contribution in [2.24, 2.45) is 5.11 Å². The Kier molecular flexibility index (Phi) is 23.8. The van der Waals surface area contributed by atoms with E-state index in [1.165, 1.54) is 141 Å². The molecule has 45 heavy (non-hydrogen) atoms. The molecule has 0 amide bonds. The van der Waals surface area contributed by atoms with Crippen LogP contribution in [-0.2, 0) is 0 Å². The van der Waals surface area contributed by atoms with Gasteiger partial charge in [-0.1, -0.05) is 160 Å². The lowest BCUT2D eigenvalue weighted by molar-refractivity contribution is -0.435. The summed E-state index contributed by atoms with van der Waals surface area (Å²) < 4.78 is 11.8. The van der Waals surface area contributed by atoms with E-state index in [1.54, 1.807) is 12.1 Å². The molecule has 0 N–H and O–H groups in total. The maximum absolute atomic E-state index is 12.6. The van der Waals surface area contributed by atoms with E-state index in [9.17, 15) is 5.21 Å². The van der Waals surface area contributed by atoms with Crippen molar-refractivity contribution in [2.75, 3.05) is 13.2 Å². The molecule has 0 aliphatic carbocycles. The summed E-state index contributed by atoms with van der Waals surface area (Å²) in [5, 5.41) is 16.8. The minimum Gasteiger partial charge on any atom is -0.594 e. The Morgan fingerprint density at radius 2 is 0.756 bits per heavy atom. The van der Waals surface area contributed by atoms with Crippen LogP contribution in [0.3, 0.4) is 0 Å². The highest BCUT2D eigenvalue weighted by Crippen LogP contribution is 2.23. The zero-order valence-electron chi connectivity index (χ0n) is 29.1. The molecule has 0 fully saturated rings. The second kappa shape index (κ2) is 27.7. The third-order valence-corrected chi connectivity index (χ3v) is 8.63. The van der Waals surface area contributed by atoms with Gasteiger partial charge < -0.3 is 14.7 Å². The fourth-order valence-corrected chi connectivity index (χ4v) is 5.71. The Morgan fingerprint density at radius 3 is 1.11 bits per heavy atom. The molecule has 0 aliphatic heterocycles. The second-order valence-electron chi connectivity index (χ2n) is 12.8. The van der Waals surface area contributed by atoms with Crippen molar-refractivity contribution in [3.05, 3.63) is 53.7 Å². The first-order valence-electron chi connectivity index (χ1n) is 18.9. The quantitative estimate of drug-likeness (QED) is 0.0377. The molecule has 0 aromatic heterocycles. The van der Waals surface area contributed by atoms with Crippen molar-refractivity contribution in [2.45, 2.75) is 168 Å². The van der Waals surface area contributed by atoms with E-state index in [0.717, 1.165) is 37.6 Å². The Labute approximate surface area is 276 Å². The van der Waals surface area contributed by atoms with Crippen LogP contribution in [-0.4, -0.2) is 18.1 Å². The highest BCUT2D eigenvalue weighted by atomic mass is 16.5. The van der Waals surface area contributed by atoms with E-state index in [4.69, 9.17) is 9.47 Å². The Balaban J connectivity index is 1.50. The topological polar surface area (TPSA) is 56.9 Å². The number of benzene rings is 2. The highest BCUT2D eigenvalue weighted by Gasteiger charge is 2.06. The van der Waals surface area contributed by atoms with Gasteiger partial charge in [-0.3, -0.25) is 0 Å². The zero-order chi connectivity index (χ0) is 32.0. The predicted molar refractivity (Wildman–Crippen MR) is 191 cm³/mol. The lowest BCUT2D eigenvalue weighted by Gasteiger charge is -2.07. The number of ether oxygens (including phenoxy) is 2. The molecule has 5 nitrogen and oxygen atoms in total. The monoisotopic (exact) mass is 623 g/mol. The normalized spacial score (nSPS) is 11.6. The third-order valence-electron chi connectivity index (χ3n) is 8.63. The maximum atomic E-state index is 12.6. The van der Waals surface area contributed by atoms with Gasteiger partial charge in [0, 0.05) is 17.2 Å². The molecule has 5 heteroatoms. The van der Waals surface area contributed by atoms with Gasteiger partial charge >= 0.3 is 0 Å². The second-order valence-corrected chi connectivity index (χ2v) is 12.8. The number of hydrogen-bond acceptors (Lipinski definition) is 4. The summed E-state index contributed by atoms with van der Waals surface area (Å²) in [7, 11) is 0. The molecule has 0 unspecified atom stereocenters. The van der Waals surface area contributed by atoms with Crippen LogP contribution >= 0.6 is 0 Å². The number of hydrogen-bond donors (Lipinski definition) is 0. The predicted octanol–water partition coefficient (Wildman–Crippen LogP) is 13.8. The summed E-state index contributed by atoms with van der Waals surface area (Å²) in [6.07, 6.45) is 32.1. The molecule has 0 atom stereocenters. The first-order valence-corrected chi connectivity index (χ1v) is 18.9. The molecule has 0 bridgehead atoms. The van der Waals surface area contributed by atoms with E-state index in [-0.39, 0.29) is 0 Å². The van der Waals surface area contributed by atoms with Crippen LogP contribution in [0.25, 0.3) is 0 Å². The standard InChI is InChI=1S/C40H66N2O3/c1-3-5-7-9-11-13-15-17-19-21-23-25-35-44-39-31-27-37(28-32-39)41-42(43)38-29-33-40(34-30-38)45-36-26-24-22-20-18-16-14-12-10-8-6-4-2/h27-34H,3-26,35-36H2,1-2H3. The minimum atomic E-state index is 0.486. The zero-order valence-corrected chi connectivity index (χ0v) is 29.1. The van der Waals surface area contributed by atoms with Crippen LogP contribution < -0.4 is 9.47 Å².